The molecule has 0 amide bonds. The van der Waals surface area contributed by atoms with E-state index >= 15 is 0 Å². The van der Waals surface area contributed by atoms with Crippen LogP contribution in [0.3, 0.4) is 0 Å². The van der Waals surface area contributed by atoms with Gasteiger partial charge in [0.25, 0.3) is 0 Å². The maximum absolute atomic E-state index is 12.9. The number of carbonyl (C=O) groups excluding carboxylic acids is 2. The predicted molar refractivity (Wildman–Crippen MR) is 133 cm³/mol. The maximum atomic E-state index is 12.9. The third-order valence-electron chi connectivity index (χ3n) is 5.83. The molecule has 2 aromatic rings. The number of Topliss-reactive ketones (excluding diaryl/α,β-unsaturated/α-hetero) is 2. The quantitative estimate of drug-likeness (QED) is 0.239. The number of ketones is 2. The standard InChI is InChI=1S/C28H38O2.ClH.H3N/c1-4-5-6-7-8-9-10-11-12-13-14-25-21-23(3)17-20-26(25)28(30)27(29)24-18-15-22(2)16-19-24;;/h15-21H,4-14H2,1-3H3;1H;1H3. The molecule has 178 valence electrons. The molecule has 0 radical (unpaired) electrons. The molecule has 0 unspecified atom stereocenters. The van der Waals surface area contributed by atoms with Crippen LogP contribution < -0.4 is 18.6 Å². The average molecular weight is 460 g/mol. The number of hydrogen-bond donors (Lipinski definition) is 1. The van der Waals surface area contributed by atoms with E-state index in [1.807, 2.05) is 38.1 Å². The lowest BCUT2D eigenvalue weighted by atomic mass is 9.93. The van der Waals surface area contributed by atoms with E-state index in [1.165, 1.54) is 57.8 Å². The summed E-state index contributed by atoms with van der Waals surface area (Å²) in [6.45, 7) is 6.27. The van der Waals surface area contributed by atoms with Crippen LogP contribution in [0.25, 0.3) is 0 Å². The fraction of sp³-hybridized carbons (Fsp3) is 0.500. The SMILES string of the molecule is CCCCCCCCCCCCc1cc(C)ccc1C(=O)C(=O)c1ccc(C)cc1.[Cl-].[NH4+]. The first kappa shape index (κ1) is 30.0. The van der Waals surface area contributed by atoms with E-state index < -0.39 is 5.78 Å². The Balaban J connectivity index is 0.00000480. The molecule has 0 saturated carbocycles. The monoisotopic (exact) mass is 459 g/mol. The minimum absolute atomic E-state index is 0. The van der Waals surface area contributed by atoms with Gasteiger partial charge < -0.3 is 18.6 Å². The van der Waals surface area contributed by atoms with Crippen LogP contribution in [0.4, 0.5) is 0 Å². The molecule has 4 heteroatoms. The van der Waals surface area contributed by atoms with Crippen molar-refractivity contribution >= 4 is 11.6 Å². The van der Waals surface area contributed by atoms with Crippen molar-refractivity contribution < 1.29 is 22.0 Å². The fourth-order valence-corrected chi connectivity index (χ4v) is 3.91. The Bertz CT molecular complexity index is 815. The van der Waals surface area contributed by atoms with Gasteiger partial charge in [-0.05, 0) is 32.3 Å². The van der Waals surface area contributed by atoms with E-state index in [0.29, 0.717) is 11.1 Å². The smallest absolute Gasteiger partial charge is 0.233 e. The highest BCUT2D eigenvalue weighted by Gasteiger charge is 2.21. The lowest BCUT2D eigenvalue weighted by Crippen LogP contribution is -3.00. The molecule has 3 nitrogen and oxygen atoms in total. The summed E-state index contributed by atoms with van der Waals surface area (Å²) in [5.74, 6) is -0.802. The number of unbranched alkanes of at least 4 members (excludes halogenated alkanes) is 9. The highest BCUT2D eigenvalue weighted by molar-refractivity contribution is 6.49. The first-order valence-corrected chi connectivity index (χ1v) is 11.8. The topological polar surface area (TPSA) is 70.6 Å². The van der Waals surface area contributed by atoms with Crippen LogP contribution in [0.2, 0.25) is 0 Å². The number of aryl methyl sites for hydroxylation is 3. The van der Waals surface area contributed by atoms with E-state index in [0.717, 1.165) is 29.5 Å². The van der Waals surface area contributed by atoms with Gasteiger partial charge in [-0.3, -0.25) is 9.59 Å². The van der Waals surface area contributed by atoms with Gasteiger partial charge in [-0.15, -0.1) is 0 Å². The molecule has 0 saturated heterocycles. The second kappa shape index (κ2) is 16.6. The predicted octanol–water partition coefficient (Wildman–Crippen LogP) is 5.21. The Morgan fingerprint density at radius 2 is 1.16 bits per heavy atom. The van der Waals surface area contributed by atoms with Crippen molar-refractivity contribution in [2.75, 3.05) is 0 Å². The van der Waals surface area contributed by atoms with Crippen LogP contribution in [0, 0.1) is 13.8 Å². The molecule has 0 bridgehead atoms. The van der Waals surface area contributed by atoms with Gasteiger partial charge in [-0.1, -0.05) is 118 Å². The molecular weight excluding hydrogens is 418 g/mol. The average Bonchev–Trinajstić information content (AvgIpc) is 2.75. The first-order valence-electron chi connectivity index (χ1n) is 11.8. The van der Waals surface area contributed by atoms with Crippen LogP contribution >= 0.6 is 0 Å². The van der Waals surface area contributed by atoms with Gasteiger partial charge in [-0.25, -0.2) is 0 Å². The summed E-state index contributed by atoms with van der Waals surface area (Å²) >= 11 is 0. The van der Waals surface area contributed by atoms with Crippen LogP contribution in [-0.2, 0) is 6.42 Å². The third kappa shape index (κ3) is 10.1. The molecule has 2 rings (SSSR count). The van der Waals surface area contributed by atoms with Crippen molar-refractivity contribution in [2.45, 2.75) is 91.4 Å². The highest BCUT2D eigenvalue weighted by atomic mass is 35.5. The van der Waals surface area contributed by atoms with Gasteiger partial charge >= 0.3 is 0 Å². The molecule has 0 atom stereocenters. The summed E-state index contributed by atoms with van der Waals surface area (Å²) in [5, 5.41) is 0. The highest BCUT2D eigenvalue weighted by Crippen LogP contribution is 2.19. The van der Waals surface area contributed by atoms with E-state index in [2.05, 4.69) is 13.0 Å². The second-order valence-corrected chi connectivity index (χ2v) is 8.62. The molecule has 4 N–H and O–H groups in total. The third-order valence-corrected chi connectivity index (χ3v) is 5.83. The molecule has 0 aliphatic rings. The summed E-state index contributed by atoms with van der Waals surface area (Å²) in [4.78, 5) is 25.6. The summed E-state index contributed by atoms with van der Waals surface area (Å²) < 4.78 is 0. The number of hydrogen-bond acceptors (Lipinski definition) is 2. The Kier molecular flexibility index (Phi) is 15.6. The van der Waals surface area contributed by atoms with Gasteiger partial charge in [0.15, 0.2) is 0 Å². The fourth-order valence-electron chi connectivity index (χ4n) is 3.91. The lowest BCUT2D eigenvalue weighted by molar-refractivity contribution is -0.0000183. The van der Waals surface area contributed by atoms with Crippen molar-refractivity contribution in [3.63, 3.8) is 0 Å². The number of halogens is 1. The van der Waals surface area contributed by atoms with E-state index in [4.69, 9.17) is 0 Å². The molecule has 32 heavy (non-hydrogen) atoms. The number of quaternary nitrogens is 1. The van der Waals surface area contributed by atoms with Crippen molar-refractivity contribution in [3.8, 4) is 0 Å². The van der Waals surface area contributed by atoms with E-state index in [9.17, 15) is 9.59 Å². The zero-order chi connectivity index (χ0) is 21.8. The maximum Gasteiger partial charge on any atom is 0.233 e. The van der Waals surface area contributed by atoms with E-state index in [-0.39, 0.29) is 24.3 Å². The van der Waals surface area contributed by atoms with Gasteiger partial charge in [0.05, 0.1) is 0 Å². The van der Waals surface area contributed by atoms with Gasteiger partial charge in [0.1, 0.15) is 0 Å². The summed E-state index contributed by atoms with van der Waals surface area (Å²) in [6.07, 6.45) is 13.8. The van der Waals surface area contributed by atoms with Crippen LogP contribution in [0.5, 0.6) is 0 Å². The molecule has 2 aromatic carbocycles. The Morgan fingerprint density at radius 3 is 1.72 bits per heavy atom. The zero-order valence-corrected chi connectivity index (χ0v) is 21.3. The van der Waals surface area contributed by atoms with Crippen molar-refractivity contribution in [1.29, 1.82) is 0 Å². The molecule has 0 fully saturated rings. The van der Waals surface area contributed by atoms with Crippen molar-refractivity contribution in [3.05, 3.63) is 70.3 Å². The largest absolute Gasteiger partial charge is 1.00 e. The van der Waals surface area contributed by atoms with Gasteiger partial charge in [0, 0.05) is 11.1 Å². The first-order chi connectivity index (χ1) is 14.5. The zero-order valence-electron chi connectivity index (χ0n) is 20.5. The second-order valence-electron chi connectivity index (χ2n) is 8.62. The molecular formula is C28H42ClNO2. The minimum Gasteiger partial charge on any atom is -1.00 e. The van der Waals surface area contributed by atoms with Crippen LogP contribution in [0.1, 0.15) is 109 Å². The molecule has 0 aromatic heterocycles. The Hall–Kier alpha value is -1.97. The lowest BCUT2D eigenvalue weighted by Gasteiger charge is -2.10. The summed E-state index contributed by atoms with van der Waals surface area (Å²) in [6, 6.07) is 13.1. The molecule has 0 spiro atoms. The molecule has 0 heterocycles. The minimum atomic E-state index is -0.414. The van der Waals surface area contributed by atoms with Crippen LogP contribution in [0.15, 0.2) is 42.5 Å². The van der Waals surface area contributed by atoms with Crippen molar-refractivity contribution in [2.24, 2.45) is 0 Å². The summed E-state index contributed by atoms with van der Waals surface area (Å²) in [7, 11) is 0. The molecule has 0 aliphatic heterocycles. The van der Waals surface area contributed by atoms with E-state index in [1.54, 1.807) is 12.1 Å². The van der Waals surface area contributed by atoms with Crippen molar-refractivity contribution in [1.82, 2.24) is 6.15 Å². The Labute approximate surface area is 201 Å². The molecule has 0 aliphatic carbocycles. The van der Waals surface area contributed by atoms with Crippen LogP contribution in [-0.4, -0.2) is 11.6 Å². The van der Waals surface area contributed by atoms with Gasteiger partial charge in [-0.2, -0.15) is 0 Å². The number of rotatable bonds is 14. The summed E-state index contributed by atoms with van der Waals surface area (Å²) in [5.41, 5.74) is 4.27. The van der Waals surface area contributed by atoms with Gasteiger partial charge in [0.2, 0.25) is 11.6 Å². The Morgan fingerprint density at radius 1 is 0.656 bits per heavy atom. The number of benzene rings is 2. The number of carbonyl (C=O) groups is 2. The normalized spacial score (nSPS) is 10.2.